The van der Waals surface area contributed by atoms with Crippen LogP contribution in [0.3, 0.4) is 0 Å². The summed E-state index contributed by atoms with van der Waals surface area (Å²) in [5.74, 6) is 0.493. The molecule has 6 heteroatoms. The average Bonchev–Trinajstić information content (AvgIpc) is 2.89. The molecule has 0 aromatic carbocycles. The summed E-state index contributed by atoms with van der Waals surface area (Å²) in [4.78, 5) is 30.8. The largest absolute Gasteiger partial charge is 0.368 e. The highest BCUT2D eigenvalue weighted by atomic mass is 16.2. The lowest BCUT2D eigenvalue weighted by atomic mass is 9.76. The van der Waals surface area contributed by atoms with Crippen LogP contribution in [0.2, 0.25) is 0 Å². The van der Waals surface area contributed by atoms with E-state index in [2.05, 4.69) is 29.1 Å². The molecule has 1 aromatic heterocycles. The zero-order chi connectivity index (χ0) is 15.4. The molecule has 1 aliphatic carbocycles. The molecule has 0 saturated heterocycles. The molecule has 1 heterocycles. The fourth-order valence-electron chi connectivity index (χ4n) is 3.29. The number of nitrogens with two attached hydrogens (primary N) is 1. The van der Waals surface area contributed by atoms with Gasteiger partial charge in [-0.25, -0.2) is 4.98 Å². The fourth-order valence-corrected chi connectivity index (χ4v) is 3.29. The van der Waals surface area contributed by atoms with E-state index >= 15 is 0 Å². The predicted octanol–water partition coefficient (Wildman–Crippen LogP) is 0.995. The smallest absolute Gasteiger partial charge is 0.240 e. The maximum atomic E-state index is 12.4. The van der Waals surface area contributed by atoms with E-state index in [0.29, 0.717) is 18.3 Å². The van der Waals surface area contributed by atoms with Crippen molar-refractivity contribution in [2.75, 3.05) is 0 Å². The Labute approximate surface area is 124 Å². The van der Waals surface area contributed by atoms with Crippen LogP contribution in [0, 0.1) is 17.8 Å². The van der Waals surface area contributed by atoms with Gasteiger partial charge in [-0.15, -0.1) is 0 Å². The normalized spacial score (nSPS) is 27.0. The third kappa shape index (κ3) is 4.31. The molecule has 1 fully saturated rings. The second-order valence-corrected chi connectivity index (χ2v) is 6.36. The second kappa shape index (κ2) is 6.74. The van der Waals surface area contributed by atoms with Crippen molar-refractivity contribution in [1.82, 2.24) is 15.3 Å². The summed E-state index contributed by atoms with van der Waals surface area (Å²) in [5.41, 5.74) is 6.18. The zero-order valence-electron chi connectivity index (χ0n) is 12.6. The Morgan fingerprint density at radius 2 is 2.05 bits per heavy atom. The molecule has 0 spiro atoms. The summed E-state index contributed by atoms with van der Waals surface area (Å²) in [7, 11) is 0. The number of aromatic nitrogens is 2. The average molecular weight is 292 g/mol. The van der Waals surface area contributed by atoms with Crippen LogP contribution in [0.15, 0.2) is 12.5 Å². The molecule has 2 amide bonds. The van der Waals surface area contributed by atoms with Crippen molar-refractivity contribution < 1.29 is 9.59 Å². The van der Waals surface area contributed by atoms with Crippen LogP contribution in [0.1, 0.15) is 38.8 Å². The Morgan fingerprint density at radius 3 is 2.57 bits per heavy atom. The van der Waals surface area contributed by atoms with E-state index in [-0.39, 0.29) is 11.8 Å². The molecule has 1 aromatic rings. The van der Waals surface area contributed by atoms with Gasteiger partial charge in [0.15, 0.2) is 0 Å². The first-order valence-corrected chi connectivity index (χ1v) is 7.52. The van der Waals surface area contributed by atoms with Gasteiger partial charge in [0.25, 0.3) is 0 Å². The Bertz CT molecular complexity index is 476. The molecule has 4 N–H and O–H groups in total. The molecule has 0 bridgehead atoms. The first kappa shape index (κ1) is 15.5. The van der Waals surface area contributed by atoms with Gasteiger partial charge in [-0.2, -0.15) is 0 Å². The fraction of sp³-hybridized carbons (Fsp3) is 0.667. The van der Waals surface area contributed by atoms with Crippen molar-refractivity contribution in [3.8, 4) is 0 Å². The van der Waals surface area contributed by atoms with Crippen LogP contribution in [-0.2, 0) is 16.0 Å². The van der Waals surface area contributed by atoms with Crippen LogP contribution < -0.4 is 11.1 Å². The van der Waals surface area contributed by atoms with Gasteiger partial charge in [0.2, 0.25) is 11.8 Å². The maximum Gasteiger partial charge on any atom is 0.240 e. The SMILES string of the molecule is CC1CC(C)CC(C(=O)N[C@@H](Cc2cnc[nH]2)C(N)=O)C1. The van der Waals surface area contributed by atoms with E-state index < -0.39 is 11.9 Å². The summed E-state index contributed by atoms with van der Waals surface area (Å²) in [6.45, 7) is 4.35. The van der Waals surface area contributed by atoms with Crippen molar-refractivity contribution in [2.45, 2.75) is 45.6 Å². The minimum Gasteiger partial charge on any atom is -0.368 e. The molecule has 1 saturated carbocycles. The third-order valence-corrected chi connectivity index (χ3v) is 4.19. The van der Waals surface area contributed by atoms with Crippen molar-refractivity contribution >= 4 is 11.8 Å². The molecule has 3 atom stereocenters. The number of amides is 2. The molecule has 2 rings (SSSR count). The van der Waals surface area contributed by atoms with E-state index in [1.807, 2.05) is 0 Å². The van der Waals surface area contributed by atoms with Crippen LogP contribution in [0.5, 0.6) is 0 Å². The minimum atomic E-state index is -0.689. The topological polar surface area (TPSA) is 101 Å². The van der Waals surface area contributed by atoms with E-state index in [0.717, 1.165) is 25.0 Å². The standard InChI is InChI=1S/C15H24N4O2/c1-9-3-10(2)5-11(4-9)15(21)19-13(14(16)20)6-12-7-17-8-18-12/h7-11,13H,3-6H2,1-2H3,(H2,16,20)(H,17,18)(H,19,21)/t9?,10?,11?,13-/m0/s1. The molecule has 0 radical (unpaired) electrons. The Kier molecular flexibility index (Phi) is 4.98. The van der Waals surface area contributed by atoms with Crippen molar-refractivity contribution in [3.63, 3.8) is 0 Å². The number of nitrogens with zero attached hydrogens (tertiary/aromatic N) is 1. The van der Waals surface area contributed by atoms with E-state index in [4.69, 9.17) is 5.73 Å². The number of carbonyl (C=O) groups excluding carboxylic acids is 2. The number of H-pyrrole nitrogens is 1. The van der Waals surface area contributed by atoms with Gasteiger partial charge in [-0.3, -0.25) is 9.59 Å². The predicted molar refractivity (Wildman–Crippen MR) is 79.1 cm³/mol. The van der Waals surface area contributed by atoms with Gasteiger partial charge in [0.1, 0.15) is 6.04 Å². The van der Waals surface area contributed by atoms with Crippen molar-refractivity contribution in [3.05, 3.63) is 18.2 Å². The number of aromatic amines is 1. The monoisotopic (exact) mass is 292 g/mol. The first-order chi connectivity index (χ1) is 9.95. The Balaban J connectivity index is 1.96. The lowest BCUT2D eigenvalue weighted by Gasteiger charge is -2.31. The number of imidazole rings is 1. The highest BCUT2D eigenvalue weighted by molar-refractivity contribution is 5.87. The van der Waals surface area contributed by atoms with Crippen LogP contribution in [-0.4, -0.2) is 27.8 Å². The number of nitrogens with one attached hydrogen (secondary N) is 2. The second-order valence-electron chi connectivity index (χ2n) is 6.36. The van der Waals surface area contributed by atoms with Crippen molar-refractivity contribution in [2.24, 2.45) is 23.5 Å². The molecule has 2 unspecified atom stereocenters. The highest BCUT2D eigenvalue weighted by Crippen LogP contribution is 2.32. The number of hydrogen-bond donors (Lipinski definition) is 3. The third-order valence-electron chi connectivity index (χ3n) is 4.19. The number of primary amides is 1. The van der Waals surface area contributed by atoms with Crippen molar-refractivity contribution in [1.29, 1.82) is 0 Å². The highest BCUT2D eigenvalue weighted by Gasteiger charge is 2.31. The summed E-state index contributed by atoms with van der Waals surface area (Å²) < 4.78 is 0. The maximum absolute atomic E-state index is 12.4. The van der Waals surface area contributed by atoms with E-state index in [1.165, 1.54) is 0 Å². The summed E-state index contributed by atoms with van der Waals surface area (Å²) in [6.07, 6.45) is 6.44. The number of hydrogen-bond acceptors (Lipinski definition) is 3. The van der Waals surface area contributed by atoms with Gasteiger partial charge >= 0.3 is 0 Å². The Hall–Kier alpha value is -1.85. The van der Waals surface area contributed by atoms with Gasteiger partial charge in [-0.05, 0) is 31.1 Å². The van der Waals surface area contributed by atoms with Crippen LogP contribution in [0.4, 0.5) is 0 Å². The van der Waals surface area contributed by atoms with Gasteiger partial charge in [-0.1, -0.05) is 13.8 Å². The minimum absolute atomic E-state index is 0.0210. The summed E-state index contributed by atoms with van der Waals surface area (Å²) >= 11 is 0. The van der Waals surface area contributed by atoms with E-state index in [9.17, 15) is 9.59 Å². The molecule has 21 heavy (non-hydrogen) atoms. The van der Waals surface area contributed by atoms with E-state index in [1.54, 1.807) is 12.5 Å². The quantitative estimate of drug-likeness (QED) is 0.754. The molecule has 1 aliphatic rings. The van der Waals surface area contributed by atoms with Gasteiger partial charge in [0, 0.05) is 24.2 Å². The number of rotatable bonds is 5. The number of carbonyl (C=O) groups is 2. The zero-order valence-corrected chi connectivity index (χ0v) is 12.6. The summed E-state index contributed by atoms with van der Waals surface area (Å²) in [5, 5.41) is 2.80. The first-order valence-electron chi connectivity index (χ1n) is 7.52. The molecule has 116 valence electrons. The van der Waals surface area contributed by atoms with Crippen LogP contribution >= 0.6 is 0 Å². The Morgan fingerprint density at radius 1 is 1.38 bits per heavy atom. The molecule has 0 aliphatic heterocycles. The lowest BCUT2D eigenvalue weighted by Crippen LogP contribution is -2.48. The van der Waals surface area contributed by atoms with Gasteiger partial charge < -0.3 is 16.0 Å². The lowest BCUT2D eigenvalue weighted by molar-refractivity contribution is -0.131. The van der Waals surface area contributed by atoms with Gasteiger partial charge in [0.05, 0.1) is 6.33 Å². The molecular weight excluding hydrogens is 268 g/mol. The molecular formula is C15H24N4O2. The summed E-state index contributed by atoms with van der Waals surface area (Å²) in [6, 6.07) is -0.689. The molecule has 6 nitrogen and oxygen atoms in total. The van der Waals surface area contributed by atoms with Crippen LogP contribution in [0.25, 0.3) is 0 Å².